The van der Waals surface area contributed by atoms with E-state index < -0.39 is 0 Å². The second kappa shape index (κ2) is 5.19. The highest BCUT2D eigenvalue weighted by atomic mass is 16.5. The second-order valence-electron chi connectivity index (χ2n) is 4.40. The molecule has 0 unspecified atom stereocenters. The molecule has 1 aromatic carbocycles. The van der Waals surface area contributed by atoms with Gasteiger partial charge in [-0.1, -0.05) is 12.1 Å². The van der Waals surface area contributed by atoms with Gasteiger partial charge in [0.25, 0.3) is 0 Å². The molecule has 0 spiro atoms. The van der Waals surface area contributed by atoms with E-state index in [0.717, 1.165) is 22.4 Å². The molecule has 0 aliphatic carbocycles. The van der Waals surface area contributed by atoms with Crippen molar-refractivity contribution in [2.45, 2.75) is 27.4 Å². The summed E-state index contributed by atoms with van der Waals surface area (Å²) in [7, 11) is 0. The lowest BCUT2D eigenvalue weighted by Gasteiger charge is -2.15. The number of rotatable bonds is 3. The van der Waals surface area contributed by atoms with Crippen molar-refractivity contribution in [3.63, 3.8) is 0 Å². The lowest BCUT2D eigenvalue weighted by molar-refractivity contribution is 0.276. The number of pyridine rings is 1. The predicted molar refractivity (Wildman–Crippen MR) is 70.9 cm³/mol. The maximum absolute atomic E-state index is 9.28. The molecule has 0 radical (unpaired) electrons. The Balaban J connectivity index is 2.43. The maximum Gasteiger partial charge on any atom is 0.151 e. The highest BCUT2D eigenvalue weighted by molar-refractivity contribution is 5.47. The van der Waals surface area contributed by atoms with Crippen LogP contribution in [0.2, 0.25) is 0 Å². The minimum absolute atomic E-state index is 0.0538. The molecular weight excluding hydrogens is 226 g/mol. The van der Waals surface area contributed by atoms with E-state index in [1.165, 1.54) is 5.56 Å². The van der Waals surface area contributed by atoms with Gasteiger partial charge in [-0.05, 0) is 43.5 Å². The van der Waals surface area contributed by atoms with Crippen LogP contribution >= 0.6 is 0 Å². The van der Waals surface area contributed by atoms with Crippen molar-refractivity contribution in [2.24, 2.45) is 0 Å². The van der Waals surface area contributed by atoms with E-state index in [9.17, 15) is 5.11 Å². The zero-order chi connectivity index (χ0) is 13.1. The first-order valence-corrected chi connectivity index (χ1v) is 5.92. The third kappa shape index (κ3) is 2.36. The normalized spacial score (nSPS) is 10.4. The number of nitrogens with zero attached hydrogens (tertiary/aromatic N) is 1. The average molecular weight is 243 g/mol. The van der Waals surface area contributed by atoms with Gasteiger partial charge < -0.3 is 9.84 Å². The molecule has 1 N–H and O–H groups in total. The molecule has 1 heterocycles. The topological polar surface area (TPSA) is 42.4 Å². The first-order valence-electron chi connectivity index (χ1n) is 5.92. The van der Waals surface area contributed by atoms with E-state index in [-0.39, 0.29) is 6.61 Å². The van der Waals surface area contributed by atoms with E-state index in [4.69, 9.17) is 4.74 Å². The number of aliphatic hydroxyl groups is 1. The molecule has 2 aromatic rings. The smallest absolute Gasteiger partial charge is 0.151 e. The summed E-state index contributed by atoms with van der Waals surface area (Å²) in [6, 6.07) is 5.87. The summed E-state index contributed by atoms with van der Waals surface area (Å²) < 4.78 is 5.92. The van der Waals surface area contributed by atoms with Gasteiger partial charge in [0, 0.05) is 11.8 Å². The van der Waals surface area contributed by atoms with E-state index >= 15 is 0 Å². The van der Waals surface area contributed by atoms with Gasteiger partial charge in [0.1, 0.15) is 5.75 Å². The number of aryl methyl sites for hydroxylation is 2. The minimum atomic E-state index is -0.0538. The summed E-state index contributed by atoms with van der Waals surface area (Å²) in [5.41, 5.74) is 4.11. The van der Waals surface area contributed by atoms with Crippen molar-refractivity contribution < 1.29 is 9.84 Å². The highest BCUT2D eigenvalue weighted by Crippen LogP contribution is 2.31. The van der Waals surface area contributed by atoms with Gasteiger partial charge in [-0.25, -0.2) is 0 Å². The van der Waals surface area contributed by atoms with E-state index in [2.05, 4.69) is 18.0 Å². The van der Waals surface area contributed by atoms with Crippen LogP contribution in [0.15, 0.2) is 30.6 Å². The van der Waals surface area contributed by atoms with E-state index in [0.29, 0.717) is 5.75 Å². The van der Waals surface area contributed by atoms with Crippen molar-refractivity contribution in [3.05, 3.63) is 52.8 Å². The van der Waals surface area contributed by atoms with Gasteiger partial charge >= 0.3 is 0 Å². The second-order valence-corrected chi connectivity index (χ2v) is 4.40. The third-order valence-electron chi connectivity index (χ3n) is 3.13. The van der Waals surface area contributed by atoms with Crippen LogP contribution in [0.1, 0.15) is 22.3 Å². The SMILES string of the molecule is Cc1ccc(C)c(Oc2cnccc2CO)c1C. The third-order valence-corrected chi connectivity index (χ3v) is 3.13. The van der Waals surface area contributed by atoms with Gasteiger partial charge in [-0.3, -0.25) is 4.98 Å². The zero-order valence-electron chi connectivity index (χ0n) is 10.9. The molecule has 0 atom stereocenters. The van der Waals surface area contributed by atoms with Crippen molar-refractivity contribution in [3.8, 4) is 11.5 Å². The van der Waals surface area contributed by atoms with Crippen LogP contribution in [0.5, 0.6) is 11.5 Å². The van der Waals surface area contributed by atoms with Crippen LogP contribution in [0, 0.1) is 20.8 Å². The zero-order valence-corrected chi connectivity index (χ0v) is 10.9. The summed E-state index contributed by atoms with van der Waals surface area (Å²) in [4.78, 5) is 4.04. The quantitative estimate of drug-likeness (QED) is 0.899. The first-order chi connectivity index (χ1) is 8.63. The molecule has 0 saturated heterocycles. The fourth-order valence-electron chi connectivity index (χ4n) is 1.82. The molecule has 0 aliphatic heterocycles. The number of benzene rings is 1. The Morgan fingerprint density at radius 3 is 2.56 bits per heavy atom. The molecule has 0 saturated carbocycles. The van der Waals surface area contributed by atoms with Crippen LogP contribution in [0.3, 0.4) is 0 Å². The molecule has 0 bridgehead atoms. The monoisotopic (exact) mass is 243 g/mol. The van der Waals surface area contributed by atoms with Gasteiger partial charge in [0.2, 0.25) is 0 Å². The lowest BCUT2D eigenvalue weighted by atomic mass is 10.1. The minimum Gasteiger partial charge on any atom is -0.455 e. The molecule has 0 fully saturated rings. The van der Waals surface area contributed by atoms with E-state index in [1.54, 1.807) is 18.5 Å². The molecule has 3 nitrogen and oxygen atoms in total. The Hall–Kier alpha value is -1.87. The van der Waals surface area contributed by atoms with Gasteiger partial charge in [0.15, 0.2) is 5.75 Å². The Morgan fingerprint density at radius 1 is 1.11 bits per heavy atom. The standard InChI is InChI=1S/C15H17NO2/c1-10-4-5-11(2)15(12(10)3)18-14-8-16-7-6-13(14)9-17/h4-8,17H,9H2,1-3H3. The van der Waals surface area contributed by atoms with Gasteiger partial charge in [-0.2, -0.15) is 0 Å². The predicted octanol–water partition coefficient (Wildman–Crippen LogP) is 3.29. The first kappa shape index (κ1) is 12.6. The summed E-state index contributed by atoms with van der Waals surface area (Å²) in [6.07, 6.45) is 3.28. The number of aromatic nitrogens is 1. The summed E-state index contributed by atoms with van der Waals surface area (Å²) in [5.74, 6) is 1.45. The van der Waals surface area contributed by atoms with E-state index in [1.807, 2.05) is 19.9 Å². The largest absolute Gasteiger partial charge is 0.455 e. The van der Waals surface area contributed by atoms with Crippen LogP contribution < -0.4 is 4.74 Å². The van der Waals surface area contributed by atoms with Crippen molar-refractivity contribution in [1.82, 2.24) is 4.98 Å². The van der Waals surface area contributed by atoms with Crippen LogP contribution in [-0.4, -0.2) is 10.1 Å². The van der Waals surface area contributed by atoms with Crippen molar-refractivity contribution in [1.29, 1.82) is 0 Å². The molecule has 18 heavy (non-hydrogen) atoms. The van der Waals surface area contributed by atoms with Gasteiger partial charge in [0.05, 0.1) is 12.8 Å². The molecule has 2 rings (SSSR count). The molecule has 94 valence electrons. The number of hydrogen-bond donors (Lipinski definition) is 1. The Kier molecular flexibility index (Phi) is 3.63. The summed E-state index contributed by atoms with van der Waals surface area (Å²) in [5, 5.41) is 9.28. The molecular formula is C15H17NO2. The van der Waals surface area contributed by atoms with Crippen LogP contribution in [0.25, 0.3) is 0 Å². The lowest BCUT2D eigenvalue weighted by Crippen LogP contribution is -1.97. The Morgan fingerprint density at radius 2 is 1.83 bits per heavy atom. The fraction of sp³-hybridized carbons (Fsp3) is 0.267. The maximum atomic E-state index is 9.28. The molecule has 0 aliphatic rings. The number of aliphatic hydroxyl groups excluding tert-OH is 1. The summed E-state index contributed by atoms with van der Waals surface area (Å²) in [6.45, 7) is 6.04. The average Bonchev–Trinajstić information content (AvgIpc) is 2.39. The summed E-state index contributed by atoms with van der Waals surface area (Å²) >= 11 is 0. The van der Waals surface area contributed by atoms with Crippen molar-refractivity contribution in [2.75, 3.05) is 0 Å². The van der Waals surface area contributed by atoms with Crippen LogP contribution in [-0.2, 0) is 6.61 Å². The molecule has 3 heteroatoms. The highest BCUT2D eigenvalue weighted by Gasteiger charge is 2.10. The Labute approximate surface area is 107 Å². The molecule has 0 amide bonds. The van der Waals surface area contributed by atoms with Gasteiger partial charge in [-0.15, -0.1) is 0 Å². The van der Waals surface area contributed by atoms with Crippen molar-refractivity contribution >= 4 is 0 Å². The Bertz CT molecular complexity index is 564. The van der Waals surface area contributed by atoms with Crippen LogP contribution in [0.4, 0.5) is 0 Å². The fourth-order valence-corrected chi connectivity index (χ4v) is 1.82. The molecule has 1 aromatic heterocycles. The number of hydrogen-bond acceptors (Lipinski definition) is 3. The number of ether oxygens (including phenoxy) is 1.